The first kappa shape index (κ1) is 11.6. The maximum Gasteiger partial charge on any atom is 0.211 e. The van der Waals surface area contributed by atoms with E-state index >= 15 is 0 Å². The average molecular weight is 235 g/mol. The number of rotatable bonds is 4. The van der Waals surface area contributed by atoms with Crippen LogP contribution in [0, 0.1) is 0 Å². The normalized spacial score (nSPS) is 14.6. The van der Waals surface area contributed by atoms with Gasteiger partial charge < -0.3 is 5.73 Å². The molecule has 2 N–H and O–H groups in total. The molecule has 1 aromatic heterocycles. The van der Waals surface area contributed by atoms with E-state index in [0.29, 0.717) is 0 Å². The molecule has 0 bridgehead atoms. The number of nitrogens with zero attached hydrogens (tertiary/aromatic N) is 2. The smallest absolute Gasteiger partial charge is 0.211 e. The Labute approximate surface area is 87.6 Å². The maximum absolute atomic E-state index is 11.1. The number of sulfonamides is 1. The lowest BCUT2D eigenvalue weighted by atomic mass is 10.3. The van der Waals surface area contributed by atoms with Crippen LogP contribution in [0.1, 0.15) is 11.0 Å². The molecule has 0 amide bonds. The zero-order chi connectivity index (χ0) is 10.8. The van der Waals surface area contributed by atoms with Crippen molar-refractivity contribution in [3.63, 3.8) is 0 Å². The fraction of sp³-hybridized carbons (Fsp3) is 0.571. The van der Waals surface area contributed by atoms with E-state index in [4.69, 9.17) is 5.73 Å². The Balaban J connectivity index is 2.62. The second-order valence-corrected chi connectivity index (χ2v) is 6.04. The van der Waals surface area contributed by atoms with Crippen LogP contribution in [0.5, 0.6) is 0 Å². The largest absolute Gasteiger partial charge is 0.321 e. The van der Waals surface area contributed by atoms with Crippen LogP contribution in [0.3, 0.4) is 0 Å². The van der Waals surface area contributed by atoms with Crippen LogP contribution < -0.4 is 5.73 Å². The van der Waals surface area contributed by atoms with Crippen LogP contribution >= 0.6 is 11.3 Å². The molecule has 0 aliphatic carbocycles. The van der Waals surface area contributed by atoms with Gasteiger partial charge in [-0.1, -0.05) is 0 Å². The van der Waals surface area contributed by atoms with Gasteiger partial charge in [0.1, 0.15) is 5.01 Å². The number of hydrogen-bond donors (Lipinski definition) is 1. The van der Waals surface area contributed by atoms with Gasteiger partial charge in [0, 0.05) is 25.2 Å². The molecule has 1 atom stereocenters. The predicted octanol–water partition coefficient (Wildman–Crippen LogP) is 0.0343. The van der Waals surface area contributed by atoms with Gasteiger partial charge in [0.25, 0.3) is 0 Å². The van der Waals surface area contributed by atoms with Crippen LogP contribution in [0.25, 0.3) is 0 Å². The second kappa shape index (κ2) is 4.35. The van der Waals surface area contributed by atoms with Crippen LogP contribution in [-0.2, 0) is 10.0 Å². The van der Waals surface area contributed by atoms with E-state index in [9.17, 15) is 8.42 Å². The summed E-state index contributed by atoms with van der Waals surface area (Å²) in [4.78, 5) is 4.02. The summed E-state index contributed by atoms with van der Waals surface area (Å²) >= 11 is 1.43. The fourth-order valence-corrected chi connectivity index (χ4v) is 1.97. The minimum Gasteiger partial charge on any atom is -0.321 e. The molecule has 0 aliphatic heterocycles. The Morgan fingerprint density at radius 2 is 2.36 bits per heavy atom. The summed E-state index contributed by atoms with van der Waals surface area (Å²) in [6.45, 7) is 0.256. The molecule has 1 rings (SSSR count). The number of hydrogen-bond acceptors (Lipinski definition) is 5. The third-order valence-electron chi connectivity index (χ3n) is 1.79. The summed E-state index contributed by atoms with van der Waals surface area (Å²) in [5.74, 6) is 0. The lowest BCUT2D eigenvalue weighted by Crippen LogP contribution is -2.33. The molecule has 0 radical (unpaired) electrons. The maximum atomic E-state index is 11.1. The van der Waals surface area contributed by atoms with Crippen molar-refractivity contribution in [1.29, 1.82) is 0 Å². The molecule has 0 saturated heterocycles. The third-order valence-corrected chi connectivity index (χ3v) is 3.98. The molecule has 1 aromatic rings. The van der Waals surface area contributed by atoms with Gasteiger partial charge in [0.15, 0.2) is 0 Å². The van der Waals surface area contributed by atoms with Gasteiger partial charge in [-0.25, -0.2) is 17.7 Å². The number of aromatic nitrogens is 1. The first-order valence-electron chi connectivity index (χ1n) is 3.97. The van der Waals surface area contributed by atoms with Crippen molar-refractivity contribution in [2.45, 2.75) is 6.04 Å². The quantitative estimate of drug-likeness (QED) is 0.799. The molecule has 14 heavy (non-hydrogen) atoms. The summed E-state index contributed by atoms with van der Waals surface area (Å²) in [7, 11) is -1.66. The van der Waals surface area contributed by atoms with Gasteiger partial charge >= 0.3 is 0 Å². The van der Waals surface area contributed by atoms with Gasteiger partial charge in [-0.05, 0) is 0 Å². The molecule has 1 heterocycles. The highest BCUT2D eigenvalue weighted by atomic mass is 32.2. The van der Waals surface area contributed by atoms with Crippen molar-refractivity contribution in [2.24, 2.45) is 5.73 Å². The third kappa shape index (κ3) is 3.02. The number of nitrogens with two attached hydrogens (primary N) is 1. The first-order valence-corrected chi connectivity index (χ1v) is 6.70. The van der Waals surface area contributed by atoms with Gasteiger partial charge in [0.05, 0.1) is 12.3 Å². The monoisotopic (exact) mass is 235 g/mol. The Morgan fingerprint density at radius 3 is 2.79 bits per heavy atom. The van der Waals surface area contributed by atoms with Crippen molar-refractivity contribution in [3.05, 3.63) is 16.6 Å². The van der Waals surface area contributed by atoms with Crippen molar-refractivity contribution in [3.8, 4) is 0 Å². The molecule has 0 fully saturated rings. The minimum atomic E-state index is -3.16. The standard InChI is InChI=1S/C7H13N3O2S2/c1-10(14(2,11)12)5-6(8)7-9-3-4-13-7/h3-4,6H,5,8H2,1-2H3. The molecule has 80 valence electrons. The molecule has 0 spiro atoms. The molecule has 0 saturated carbocycles. The molecule has 0 aromatic carbocycles. The topological polar surface area (TPSA) is 76.3 Å². The Hall–Kier alpha value is -0.500. The van der Waals surface area contributed by atoms with Crippen molar-refractivity contribution in [1.82, 2.24) is 9.29 Å². The highest BCUT2D eigenvalue weighted by molar-refractivity contribution is 7.88. The van der Waals surface area contributed by atoms with E-state index in [1.807, 2.05) is 5.38 Å². The fourth-order valence-electron chi connectivity index (χ4n) is 0.908. The molecule has 1 unspecified atom stereocenters. The second-order valence-electron chi connectivity index (χ2n) is 3.02. The predicted molar refractivity (Wildman–Crippen MR) is 56.5 cm³/mol. The zero-order valence-electron chi connectivity index (χ0n) is 8.04. The van der Waals surface area contributed by atoms with Crippen LogP contribution in [0.15, 0.2) is 11.6 Å². The van der Waals surface area contributed by atoms with Crippen LogP contribution in [-0.4, -0.2) is 37.6 Å². The Kier molecular flexibility index (Phi) is 3.59. The number of likely N-dealkylation sites (N-methyl/N-ethyl adjacent to an activating group) is 1. The minimum absolute atomic E-state index is 0.256. The lowest BCUT2D eigenvalue weighted by Gasteiger charge is -2.17. The summed E-state index contributed by atoms with van der Waals surface area (Å²) < 4.78 is 23.4. The van der Waals surface area contributed by atoms with Crippen LogP contribution in [0.4, 0.5) is 0 Å². The molecular weight excluding hydrogens is 222 g/mol. The molecule has 0 aliphatic rings. The first-order chi connectivity index (χ1) is 6.41. The molecule has 7 heteroatoms. The van der Waals surface area contributed by atoms with E-state index in [1.54, 1.807) is 6.20 Å². The van der Waals surface area contributed by atoms with Gasteiger partial charge in [0.2, 0.25) is 10.0 Å². The number of thiazole rings is 1. The summed E-state index contributed by atoms with van der Waals surface area (Å²) in [6.07, 6.45) is 2.81. The molecule has 5 nitrogen and oxygen atoms in total. The van der Waals surface area contributed by atoms with E-state index in [1.165, 1.54) is 22.7 Å². The lowest BCUT2D eigenvalue weighted by molar-refractivity contribution is 0.443. The van der Waals surface area contributed by atoms with Crippen molar-refractivity contribution in [2.75, 3.05) is 19.8 Å². The van der Waals surface area contributed by atoms with Gasteiger partial charge in [-0.15, -0.1) is 11.3 Å². The highest BCUT2D eigenvalue weighted by Gasteiger charge is 2.17. The Bertz CT molecular complexity index is 374. The van der Waals surface area contributed by atoms with E-state index in [-0.39, 0.29) is 12.6 Å². The van der Waals surface area contributed by atoms with Crippen molar-refractivity contribution >= 4 is 21.4 Å². The van der Waals surface area contributed by atoms with Gasteiger partial charge in [-0.2, -0.15) is 0 Å². The zero-order valence-corrected chi connectivity index (χ0v) is 9.68. The Morgan fingerprint density at radius 1 is 1.71 bits per heavy atom. The van der Waals surface area contributed by atoms with E-state index in [2.05, 4.69) is 4.98 Å². The summed E-state index contributed by atoms with van der Waals surface area (Å²) in [6, 6.07) is -0.352. The van der Waals surface area contributed by atoms with Crippen molar-refractivity contribution < 1.29 is 8.42 Å². The van der Waals surface area contributed by atoms with E-state index in [0.717, 1.165) is 11.3 Å². The highest BCUT2D eigenvalue weighted by Crippen LogP contribution is 2.14. The SMILES string of the molecule is CN(CC(N)c1nccs1)S(C)(=O)=O. The van der Waals surface area contributed by atoms with E-state index < -0.39 is 10.0 Å². The van der Waals surface area contributed by atoms with Crippen LogP contribution in [0.2, 0.25) is 0 Å². The molecular formula is C7H13N3O2S2. The summed E-state index contributed by atoms with van der Waals surface area (Å²) in [5.41, 5.74) is 5.78. The average Bonchev–Trinajstić information content (AvgIpc) is 2.53. The van der Waals surface area contributed by atoms with Gasteiger partial charge in [-0.3, -0.25) is 0 Å². The summed E-state index contributed by atoms with van der Waals surface area (Å²) in [5, 5.41) is 2.57.